The van der Waals surface area contributed by atoms with Gasteiger partial charge in [0, 0.05) is 6.07 Å². The van der Waals surface area contributed by atoms with Gasteiger partial charge in [-0.2, -0.15) is 18.3 Å². The average molecular weight is 241 g/mol. The van der Waals surface area contributed by atoms with Crippen LogP contribution in [0, 0.1) is 0 Å². The number of nitrogens with two attached hydrogens (primary N) is 1. The van der Waals surface area contributed by atoms with E-state index in [1.807, 2.05) is 0 Å². The molecule has 0 aliphatic rings. The van der Waals surface area contributed by atoms with Gasteiger partial charge in [-0.15, -0.1) is 0 Å². The van der Waals surface area contributed by atoms with Crippen molar-refractivity contribution < 1.29 is 13.2 Å². The van der Waals surface area contributed by atoms with Gasteiger partial charge in [0.1, 0.15) is 11.5 Å². The molecule has 17 heavy (non-hydrogen) atoms. The van der Waals surface area contributed by atoms with Crippen molar-refractivity contribution in [2.45, 2.75) is 12.7 Å². The Bertz CT molecular complexity index is 502. The van der Waals surface area contributed by atoms with Gasteiger partial charge in [-0.25, -0.2) is 0 Å². The van der Waals surface area contributed by atoms with E-state index >= 15 is 0 Å². The second kappa shape index (κ2) is 4.12. The van der Waals surface area contributed by atoms with Crippen LogP contribution in [-0.4, -0.2) is 9.78 Å². The Morgan fingerprint density at radius 2 is 1.82 bits per heavy atom. The summed E-state index contributed by atoms with van der Waals surface area (Å²) in [5.74, 6) is -0.131. The Balaban J connectivity index is 2.33. The molecule has 0 saturated carbocycles. The van der Waals surface area contributed by atoms with E-state index in [4.69, 9.17) is 5.73 Å². The number of alkyl halides is 3. The fourth-order valence-corrected chi connectivity index (χ4v) is 1.54. The van der Waals surface area contributed by atoms with Crippen LogP contribution in [0.5, 0.6) is 0 Å². The second-order valence-corrected chi connectivity index (χ2v) is 3.60. The Morgan fingerprint density at radius 3 is 2.41 bits per heavy atom. The van der Waals surface area contributed by atoms with Crippen LogP contribution >= 0.6 is 0 Å². The minimum absolute atomic E-state index is 0.0485. The monoisotopic (exact) mass is 241 g/mol. The zero-order chi connectivity index (χ0) is 12.5. The maximum Gasteiger partial charge on any atom is 0.433 e. The number of hydrogen-bond acceptors (Lipinski definition) is 2. The minimum atomic E-state index is -4.45. The molecule has 0 radical (unpaired) electrons. The second-order valence-electron chi connectivity index (χ2n) is 3.60. The summed E-state index contributed by atoms with van der Waals surface area (Å²) in [6.07, 6.45) is -4.45. The molecule has 1 heterocycles. The minimum Gasteiger partial charge on any atom is -0.382 e. The largest absolute Gasteiger partial charge is 0.433 e. The van der Waals surface area contributed by atoms with Crippen molar-refractivity contribution in [3.8, 4) is 0 Å². The normalized spacial score (nSPS) is 11.7. The third kappa shape index (κ3) is 2.58. The molecule has 1 aromatic carbocycles. The predicted molar refractivity (Wildman–Crippen MR) is 57.2 cm³/mol. The summed E-state index contributed by atoms with van der Waals surface area (Å²) in [6.45, 7) is 0.0485. The highest BCUT2D eigenvalue weighted by molar-refractivity contribution is 5.31. The van der Waals surface area contributed by atoms with Crippen molar-refractivity contribution >= 4 is 5.82 Å². The Kier molecular flexibility index (Phi) is 2.79. The summed E-state index contributed by atoms with van der Waals surface area (Å²) in [5, 5.41) is 3.65. The van der Waals surface area contributed by atoms with Crippen LogP contribution in [0.2, 0.25) is 0 Å². The third-order valence-corrected chi connectivity index (χ3v) is 2.26. The first kappa shape index (κ1) is 11.5. The Labute approximate surface area is 95.7 Å². The lowest BCUT2D eigenvalue weighted by atomic mass is 10.2. The number of nitrogens with zero attached hydrogens (tertiary/aromatic N) is 2. The highest BCUT2D eigenvalue weighted by Gasteiger charge is 2.35. The summed E-state index contributed by atoms with van der Waals surface area (Å²) in [7, 11) is 0. The van der Waals surface area contributed by atoms with Crippen LogP contribution in [-0.2, 0) is 12.7 Å². The van der Waals surface area contributed by atoms with E-state index in [-0.39, 0.29) is 12.4 Å². The summed E-state index contributed by atoms with van der Waals surface area (Å²) in [6, 6.07) is 9.62. The smallest absolute Gasteiger partial charge is 0.382 e. The van der Waals surface area contributed by atoms with Crippen LogP contribution in [0.3, 0.4) is 0 Å². The molecule has 0 aliphatic carbocycles. The number of aromatic nitrogens is 2. The molecule has 2 aromatic rings. The quantitative estimate of drug-likeness (QED) is 0.878. The van der Waals surface area contributed by atoms with Gasteiger partial charge in [0.05, 0.1) is 6.54 Å². The predicted octanol–water partition coefficient (Wildman–Crippen LogP) is 2.53. The summed E-state index contributed by atoms with van der Waals surface area (Å²) in [5.41, 5.74) is 5.20. The molecule has 0 fully saturated rings. The number of rotatable bonds is 2. The molecule has 0 amide bonds. The van der Waals surface area contributed by atoms with Crippen LogP contribution in [0.1, 0.15) is 11.3 Å². The first-order chi connectivity index (χ1) is 7.97. The summed E-state index contributed by atoms with van der Waals surface area (Å²) >= 11 is 0. The van der Waals surface area contributed by atoms with E-state index in [9.17, 15) is 13.2 Å². The first-order valence-corrected chi connectivity index (χ1v) is 4.91. The van der Waals surface area contributed by atoms with Crippen molar-refractivity contribution in [2.24, 2.45) is 0 Å². The van der Waals surface area contributed by atoms with Crippen molar-refractivity contribution in [3.05, 3.63) is 47.7 Å². The van der Waals surface area contributed by atoms with Crippen LogP contribution in [0.25, 0.3) is 0 Å². The van der Waals surface area contributed by atoms with E-state index in [0.29, 0.717) is 0 Å². The zero-order valence-electron chi connectivity index (χ0n) is 8.78. The topological polar surface area (TPSA) is 43.8 Å². The number of hydrogen-bond donors (Lipinski definition) is 1. The SMILES string of the molecule is Nc1cc(C(F)(F)F)n(Cc2ccccc2)n1. The van der Waals surface area contributed by atoms with E-state index in [2.05, 4.69) is 5.10 Å². The lowest BCUT2D eigenvalue weighted by Gasteiger charge is -2.09. The van der Waals surface area contributed by atoms with Gasteiger partial charge in [0.15, 0.2) is 0 Å². The molecule has 0 atom stereocenters. The molecular formula is C11H10F3N3. The van der Waals surface area contributed by atoms with E-state index in [1.54, 1.807) is 30.3 Å². The molecule has 0 spiro atoms. The first-order valence-electron chi connectivity index (χ1n) is 4.91. The van der Waals surface area contributed by atoms with E-state index in [1.165, 1.54) is 0 Å². The maximum absolute atomic E-state index is 12.6. The Hall–Kier alpha value is -1.98. The highest BCUT2D eigenvalue weighted by atomic mass is 19.4. The molecule has 0 saturated heterocycles. The van der Waals surface area contributed by atoms with Crippen molar-refractivity contribution in [2.75, 3.05) is 5.73 Å². The van der Waals surface area contributed by atoms with E-state index < -0.39 is 11.9 Å². The van der Waals surface area contributed by atoms with Gasteiger partial charge in [-0.3, -0.25) is 4.68 Å². The molecule has 0 aliphatic heterocycles. The molecule has 3 nitrogen and oxygen atoms in total. The molecular weight excluding hydrogens is 231 g/mol. The Morgan fingerprint density at radius 1 is 1.18 bits per heavy atom. The zero-order valence-corrected chi connectivity index (χ0v) is 8.78. The third-order valence-electron chi connectivity index (χ3n) is 2.26. The number of halogens is 3. The molecule has 2 rings (SSSR count). The number of benzene rings is 1. The van der Waals surface area contributed by atoms with Crippen LogP contribution < -0.4 is 5.73 Å². The lowest BCUT2D eigenvalue weighted by Crippen LogP contribution is -2.15. The summed E-state index contributed by atoms with van der Waals surface area (Å²) < 4.78 is 38.8. The number of nitrogen functional groups attached to an aromatic ring is 1. The molecule has 6 heteroatoms. The summed E-state index contributed by atoms with van der Waals surface area (Å²) in [4.78, 5) is 0. The number of anilines is 1. The van der Waals surface area contributed by atoms with Gasteiger partial charge in [0.25, 0.3) is 0 Å². The lowest BCUT2D eigenvalue weighted by molar-refractivity contribution is -0.144. The molecule has 90 valence electrons. The van der Waals surface area contributed by atoms with Crippen LogP contribution in [0.4, 0.5) is 19.0 Å². The molecule has 0 unspecified atom stereocenters. The average Bonchev–Trinajstić information content (AvgIpc) is 2.60. The fraction of sp³-hybridized carbons (Fsp3) is 0.182. The van der Waals surface area contributed by atoms with Gasteiger partial charge in [-0.05, 0) is 5.56 Å². The fourth-order valence-electron chi connectivity index (χ4n) is 1.54. The van der Waals surface area contributed by atoms with Gasteiger partial charge in [-0.1, -0.05) is 30.3 Å². The molecule has 1 aromatic heterocycles. The van der Waals surface area contributed by atoms with Gasteiger partial charge >= 0.3 is 6.18 Å². The van der Waals surface area contributed by atoms with Crippen molar-refractivity contribution in [1.82, 2.24) is 9.78 Å². The van der Waals surface area contributed by atoms with Crippen LogP contribution in [0.15, 0.2) is 36.4 Å². The molecule has 0 bridgehead atoms. The van der Waals surface area contributed by atoms with Crippen molar-refractivity contribution in [1.29, 1.82) is 0 Å². The standard InChI is InChI=1S/C11H10F3N3/c12-11(13,14)9-6-10(15)16-17(9)7-8-4-2-1-3-5-8/h1-6H,7H2,(H2,15,16). The van der Waals surface area contributed by atoms with Gasteiger partial charge in [0.2, 0.25) is 0 Å². The van der Waals surface area contributed by atoms with Crippen molar-refractivity contribution in [3.63, 3.8) is 0 Å². The highest BCUT2D eigenvalue weighted by Crippen LogP contribution is 2.30. The molecule has 2 N–H and O–H groups in total. The maximum atomic E-state index is 12.6. The van der Waals surface area contributed by atoms with E-state index in [0.717, 1.165) is 16.3 Å². The van der Waals surface area contributed by atoms with Gasteiger partial charge < -0.3 is 5.73 Å².